The van der Waals surface area contributed by atoms with E-state index < -0.39 is 0 Å². The Labute approximate surface area is 114 Å². The second-order valence-electron chi connectivity index (χ2n) is 7.75. The van der Waals surface area contributed by atoms with Crippen LogP contribution in [0.5, 0.6) is 0 Å². The molecular weight excluding hydrogens is 220 g/mol. The molecule has 0 amide bonds. The van der Waals surface area contributed by atoms with Crippen molar-refractivity contribution in [3.05, 3.63) is 0 Å². The van der Waals surface area contributed by atoms with E-state index in [9.17, 15) is 0 Å². The van der Waals surface area contributed by atoms with E-state index in [2.05, 4.69) is 44.8 Å². The summed E-state index contributed by atoms with van der Waals surface area (Å²) in [7, 11) is 0. The Morgan fingerprint density at radius 2 is 1.67 bits per heavy atom. The molecule has 0 aromatic rings. The Kier molecular flexibility index (Phi) is 4.38. The van der Waals surface area contributed by atoms with Gasteiger partial charge in [-0.25, -0.2) is 0 Å². The van der Waals surface area contributed by atoms with Gasteiger partial charge in [-0.1, -0.05) is 13.3 Å². The van der Waals surface area contributed by atoms with Gasteiger partial charge in [0.15, 0.2) is 0 Å². The monoisotopic (exact) mass is 252 g/mol. The van der Waals surface area contributed by atoms with Gasteiger partial charge in [0.2, 0.25) is 0 Å². The standard InChI is InChI=1S/C16H32N2/c1-12(9-17-16(3,4)5)13(2)18-10-14-7-6-8-15(14)11-18/h12-15,17H,6-11H2,1-5H3. The number of rotatable bonds is 4. The number of hydrogen-bond donors (Lipinski definition) is 1. The molecule has 106 valence electrons. The Morgan fingerprint density at radius 1 is 1.11 bits per heavy atom. The first-order chi connectivity index (χ1) is 8.37. The van der Waals surface area contributed by atoms with Crippen molar-refractivity contribution in [2.24, 2.45) is 17.8 Å². The van der Waals surface area contributed by atoms with Crippen LogP contribution in [0, 0.1) is 17.8 Å². The first-order valence-electron chi connectivity index (χ1n) is 7.86. The van der Waals surface area contributed by atoms with Gasteiger partial charge in [-0.3, -0.25) is 4.90 Å². The zero-order valence-corrected chi connectivity index (χ0v) is 13.0. The van der Waals surface area contributed by atoms with E-state index in [0.717, 1.165) is 30.3 Å². The van der Waals surface area contributed by atoms with Crippen LogP contribution in [0.25, 0.3) is 0 Å². The molecule has 0 spiro atoms. The molecule has 1 aliphatic heterocycles. The molecule has 1 saturated carbocycles. The van der Waals surface area contributed by atoms with Crippen LogP contribution >= 0.6 is 0 Å². The van der Waals surface area contributed by atoms with Gasteiger partial charge in [-0.15, -0.1) is 0 Å². The van der Waals surface area contributed by atoms with Gasteiger partial charge in [-0.05, 0) is 64.8 Å². The number of likely N-dealkylation sites (tertiary alicyclic amines) is 1. The predicted octanol–water partition coefficient (Wildman–Crippen LogP) is 3.13. The lowest BCUT2D eigenvalue weighted by atomic mass is 10.00. The van der Waals surface area contributed by atoms with Crippen LogP contribution in [-0.4, -0.2) is 36.1 Å². The molecule has 1 heterocycles. The molecule has 0 bridgehead atoms. The molecule has 18 heavy (non-hydrogen) atoms. The van der Waals surface area contributed by atoms with Crippen LogP contribution < -0.4 is 5.32 Å². The highest BCUT2D eigenvalue weighted by atomic mass is 15.2. The molecule has 0 aromatic heterocycles. The van der Waals surface area contributed by atoms with Gasteiger partial charge in [-0.2, -0.15) is 0 Å². The molecule has 4 unspecified atom stereocenters. The zero-order valence-electron chi connectivity index (χ0n) is 13.0. The van der Waals surface area contributed by atoms with E-state index in [1.165, 1.54) is 32.4 Å². The van der Waals surface area contributed by atoms with Gasteiger partial charge in [0.1, 0.15) is 0 Å². The van der Waals surface area contributed by atoms with Crippen LogP contribution in [0.3, 0.4) is 0 Å². The second-order valence-corrected chi connectivity index (χ2v) is 7.75. The van der Waals surface area contributed by atoms with Crippen molar-refractivity contribution in [1.29, 1.82) is 0 Å². The predicted molar refractivity (Wildman–Crippen MR) is 78.8 cm³/mol. The van der Waals surface area contributed by atoms with E-state index in [0.29, 0.717) is 0 Å². The second kappa shape index (κ2) is 5.50. The fourth-order valence-corrected chi connectivity index (χ4v) is 3.60. The summed E-state index contributed by atoms with van der Waals surface area (Å²) < 4.78 is 0. The molecule has 4 atom stereocenters. The quantitative estimate of drug-likeness (QED) is 0.827. The van der Waals surface area contributed by atoms with E-state index in [4.69, 9.17) is 0 Å². The van der Waals surface area contributed by atoms with Crippen molar-refractivity contribution >= 4 is 0 Å². The smallest absolute Gasteiger partial charge is 0.0105 e. The Balaban J connectivity index is 1.78. The molecule has 2 rings (SSSR count). The molecule has 2 fully saturated rings. The maximum atomic E-state index is 3.65. The first-order valence-corrected chi connectivity index (χ1v) is 7.86. The van der Waals surface area contributed by atoms with Gasteiger partial charge in [0.05, 0.1) is 0 Å². The molecule has 2 aliphatic rings. The Hall–Kier alpha value is -0.0800. The number of nitrogens with zero attached hydrogens (tertiary/aromatic N) is 1. The third-order valence-electron chi connectivity index (χ3n) is 5.11. The fourth-order valence-electron chi connectivity index (χ4n) is 3.60. The molecule has 0 radical (unpaired) electrons. The van der Waals surface area contributed by atoms with Crippen LogP contribution in [0.4, 0.5) is 0 Å². The fraction of sp³-hybridized carbons (Fsp3) is 1.00. The van der Waals surface area contributed by atoms with Crippen molar-refractivity contribution in [3.63, 3.8) is 0 Å². The summed E-state index contributed by atoms with van der Waals surface area (Å²) in [5, 5.41) is 3.65. The van der Waals surface area contributed by atoms with Crippen LogP contribution in [0.15, 0.2) is 0 Å². The summed E-state index contributed by atoms with van der Waals surface area (Å²) in [6.45, 7) is 15.5. The topological polar surface area (TPSA) is 15.3 Å². The number of nitrogens with one attached hydrogen (secondary N) is 1. The third kappa shape index (κ3) is 3.48. The average Bonchev–Trinajstić information content (AvgIpc) is 2.83. The highest BCUT2D eigenvalue weighted by Crippen LogP contribution is 2.39. The van der Waals surface area contributed by atoms with Crippen LogP contribution in [0.1, 0.15) is 53.9 Å². The van der Waals surface area contributed by atoms with Crippen LogP contribution in [0.2, 0.25) is 0 Å². The van der Waals surface area contributed by atoms with Crippen molar-refractivity contribution in [1.82, 2.24) is 10.2 Å². The van der Waals surface area contributed by atoms with Crippen molar-refractivity contribution in [2.45, 2.75) is 65.5 Å². The average molecular weight is 252 g/mol. The highest BCUT2D eigenvalue weighted by molar-refractivity contribution is 4.91. The van der Waals surface area contributed by atoms with Gasteiger partial charge in [0.25, 0.3) is 0 Å². The summed E-state index contributed by atoms with van der Waals surface area (Å²) in [6, 6.07) is 0.727. The highest BCUT2D eigenvalue weighted by Gasteiger charge is 2.38. The summed E-state index contributed by atoms with van der Waals surface area (Å²) in [4.78, 5) is 2.75. The molecule has 1 saturated heterocycles. The van der Waals surface area contributed by atoms with E-state index in [-0.39, 0.29) is 5.54 Å². The largest absolute Gasteiger partial charge is 0.312 e. The Morgan fingerprint density at radius 3 is 2.17 bits per heavy atom. The maximum absolute atomic E-state index is 3.65. The van der Waals surface area contributed by atoms with Crippen LogP contribution in [-0.2, 0) is 0 Å². The summed E-state index contributed by atoms with van der Waals surface area (Å²) in [5.74, 6) is 2.79. The third-order valence-corrected chi connectivity index (χ3v) is 5.11. The molecule has 2 nitrogen and oxygen atoms in total. The molecule has 0 aromatic carbocycles. The van der Waals surface area contributed by atoms with E-state index >= 15 is 0 Å². The van der Waals surface area contributed by atoms with E-state index in [1.54, 1.807) is 0 Å². The van der Waals surface area contributed by atoms with Gasteiger partial charge < -0.3 is 5.32 Å². The minimum absolute atomic E-state index is 0.246. The lowest BCUT2D eigenvalue weighted by Crippen LogP contribution is -2.45. The van der Waals surface area contributed by atoms with Crippen molar-refractivity contribution in [2.75, 3.05) is 19.6 Å². The SMILES string of the molecule is CC(CNC(C)(C)C)C(C)N1CC2CCCC2C1. The number of fused-ring (bicyclic) bond motifs is 1. The van der Waals surface area contributed by atoms with Crippen molar-refractivity contribution in [3.8, 4) is 0 Å². The molecular formula is C16H32N2. The molecule has 2 heteroatoms. The normalized spacial score (nSPS) is 32.5. The Bertz CT molecular complexity index is 257. The maximum Gasteiger partial charge on any atom is 0.0105 e. The first kappa shape index (κ1) is 14.3. The summed E-state index contributed by atoms with van der Waals surface area (Å²) >= 11 is 0. The zero-order chi connectivity index (χ0) is 13.3. The minimum atomic E-state index is 0.246. The molecule has 1 aliphatic carbocycles. The van der Waals surface area contributed by atoms with E-state index in [1.807, 2.05) is 0 Å². The molecule has 1 N–H and O–H groups in total. The summed E-state index contributed by atoms with van der Waals surface area (Å²) in [5.41, 5.74) is 0.246. The number of hydrogen-bond acceptors (Lipinski definition) is 2. The van der Waals surface area contributed by atoms with Crippen molar-refractivity contribution < 1.29 is 0 Å². The van der Waals surface area contributed by atoms with Gasteiger partial charge in [0, 0.05) is 24.7 Å². The van der Waals surface area contributed by atoms with Gasteiger partial charge >= 0.3 is 0 Å². The minimum Gasteiger partial charge on any atom is -0.312 e. The lowest BCUT2D eigenvalue weighted by Gasteiger charge is -2.32. The summed E-state index contributed by atoms with van der Waals surface area (Å²) in [6.07, 6.45) is 4.46. The lowest BCUT2D eigenvalue weighted by molar-refractivity contribution is 0.176.